The lowest BCUT2D eigenvalue weighted by atomic mass is 10.00. The maximum absolute atomic E-state index is 12.9. The van der Waals surface area contributed by atoms with Gasteiger partial charge < -0.3 is 30.1 Å². The average Bonchev–Trinajstić information content (AvgIpc) is 3.29. The van der Waals surface area contributed by atoms with Gasteiger partial charge in [0.15, 0.2) is 0 Å². The summed E-state index contributed by atoms with van der Waals surface area (Å²) >= 11 is 0. The lowest BCUT2D eigenvalue weighted by Crippen LogP contribution is -2.53. The number of carbonyl (C=O) groups is 1. The number of β-amino-alcohol motifs (C(OH)–C–C–N with tert-alkyl or cyclic N) is 1. The highest BCUT2D eigenvalue weighted by Gasteiger charge is 2.30. The van der Waals surface area contributed by atoms with Crippen molar-refractivity contribution >= 4 is 33.5 Å². The molecular weight excluding hydrogens is 528 g/mol. The number of carbonyl (C=O) groups excluding carboxylic acids is 1. The minimum Gasteiger partial charge on any atom is -0.401 e. The third kappa shape index (κ3) is 6.92. The lowest BCUT2D eigenvalue weighted by molar-refractivity contribution is 0.00591. The van der Waals surface area contributed by atoms with Crippen LogP contribution >= 0.6 is 0 Å². The molecule has 2 aliphatic heterocycles. The molecule has 0 aliphatic carbocycles. The first-order chi connectivity index (χ1) is 20.3. The molecule has 5 N–H and O–H groups in total. The summed E-state index contributed by atoms with van der Waals surface area (Å²) in [6.45, 7) is 8.99. The van der Waals surface area contributed by atoms with E-state index in [9.17, 15) is 9.90 Å². The first-order valence-corrected chi connectivity index (χ1v) is 14.8. The molecule has 0 atom stereocenters. The molecule has 0 bridgehead atoms. The van der Waals surface area contributed by atoms with Gasteiger partial charge in [-0.1, -0.05) is 50.2 Å². The number of nitrogens with zero attached hydrogens (tertiary/aromatic N) is 4. The minimum atomic E-state index is -0.428. The van der Waals surface area contributed by atoms with E-state index in [0.29, 0.717) is 30.3 Å². The van der Waals surface area contributed by atoms with Crippen molar-refractivity contribution in [3.8, 4) is 0 Å². The van der Waals surface area contributed by atoms with Crippen molar-refractivity contribution in [1.29, 1.82) is 0 Å². The van der Waals surface area contributed by atoms with Crippen LogP contribution in [0.4, 0.5) is 0 Å². The van der Waals surface area contributed by atoms with E-state index >= 15 is 0 Å². The largest absolute Gasteiger partial charge is 0.401 e. The number of allylic oxidation sites excluding steroid dienone is 1. The van der Waals surface area contributed by atoms with Crippen LogP contribution in [0.1, 0.15) is 49.5 Å². The number of aliphatic hydroxyl groups is 1. The number of aliphatic hydroxyl groups excluding tert-OH is 1. The van der Waals surface area contributed by atoms with Gasteiger partial charge in [0.1, 0.15) is 0 Å². The first-order valence-electron chi connectivity index (χ1n) is 14.8. The van der Waals surface area contributed by atoms with E-state index in [1.807, 2.05) is 75.4 Å². The van der Waals surface area contributed by atoms with Crippen LogP contribution in [0.15, 0.2) is 72.6 Å². The van der Waals surface area contributed by atoms with Crippen LogP contribution in [0.3, 0.4) is 0 Å². The van der Waals surface area contributed by atoms with Crippen molar-refractivity contribution in [3.63, 3.8) is 0 Å². The van der Waals surface area contributed by atoms with Crippen LogP contribution < -0.4 is 11.6 Å². The van der Waals surface area contributed by atoms with Crippen LogP contribution in [0.25, 0.3) is 27.6 Å². The number of aromatic nitrogens is 2. The van der Waals surface area contributed by atoms with Crippen molar-refractivity contribution in [2.45, 2.75) is 46.3 Å². The average molecular weight is 573 g/mol. The summed E-state index contributed by atoms with van der Waals surface area (Å²) in [6, 6.07) is 19.9. The quantitative estimate of drug-likeness (QED) is 0.236. The summed E-state index contributed by atoms with van der Waals surface area (Å²) in [5.74, 6) is 6.51. The minimum absolute atomic E-state index is 0.0668. The number of amides is 1. The molecule has 0 spiro atoms. The molecule has 2 fully saturated rings. The maximum Gasteiger partial charge on any atom is 0.254 e. The van der Waals surface area contributed by atoms with Crippen LogP contribution in [-0.4, -0.2) is 69.9 Å². The normalized spacial score (nSPS) is 16.1. The summed E-state index contributed by atoms with van der Waals surface area (Å²) in [5.41, 5.74) is 11.8. The van der Waals surface area contributed by atoms with Gasteiger partial charge in [0.05, 0.1) is 28.4 Å². The van der Waals surface area contributed by atoms with Crippen LogP contribution in [-0.2, 0) is 11.3 Å². The monoisotopic (exact) mass is 572 g/mol. The summed E-state index contributed by atoms with van der Waals surface area (Å²) in [7, 11) is 1.76. The molecule has 9 nitrogen and oxygen atoms in total. The number of hydrogen-bond donors (Lipinski definition) is 3. The first kappa shape index (κ1) is 31.0. The van der Waals surface area contributed by atoms with E-state index in [-0.39, 0.29) is 5.91 Å². The number of hydrogen-bond acceptors (Lipinski definition) is 7. The van der Waals surface area contributed by atoms with Gasteiger partial charge in [-0.25, -0.2) is 5.84 Å². The highest BCUT2D eigenvalue weighted by Crippen LogP contribution is 2.33. The van der Waals surface area contributed by atoms with E-state index < -0.39 is 6.10 Å². The predicted molar refractivity (Wildman–Crippen MR) is 169 cm³/mol. The molecule has 4 aromatic rings. The fraction of sp³-hybridized carbons (Fsp3) is 0.394. The second-order valence-electron chi connectivity index (χ2n) is 10.7. The highest BCUT2D eigenvalue weighted by molar-refractivity contribution is 6.09. The smallest absolute Gasteiger partial charge is 0.254 e. The van der Waals surface area contributed by atoms with Gasteiger partial charge in [-0.3, -0.25) is 9.78 Å². The molecule has 2 aliphatic rings. The zero-order chi connectivity index (χ0) is 30.2. The van der Waals surface area contributed by atoms with Crippen LogP contribution in [0.2, 0.25) is 0 Å². The Morgan fingerprint density at radius 1 is 1.02 bits per heavy atom. The van der Waals surface area contributed by atoms with E-state index in [0.717, 1.165) is 65.8 Å². The van der Waals surface area contributed by atoms with Crippen molar-refractivity contribution in [3.05, 3.63) is 83.7 Å². The molecule has 0 unspecified atom stereocenters. The van der Waals surface area contributed by atoms with Crippen molar-refractivity contribution < 1.29 is 14.6 Å². The Morgan fingerprint density at radius 2 is 1.64 bits per heavy atom. The molecule has 224 valence electrons. The Morgan fingerprint density at radius 3 is 2.19 bits per heavy atom. The molecule has 0 saturated carbocycles. The molecule has 6 rings (SSSR count). The summed E-state index contributed by atoms with van der Waals surface area (Å²) < 4.78 is 7.87. The summed E-state index contributed by atoms with van der Waals surface area (Å²) in [4.78, 5) is 19.4. The molecule has 2 aromatic carbocycles. The second-order valence-corrected chi connectivity index (χ2v) is 10.7. The number of likely N-dealkylation sites (tertiary alicyclic amines) is 1. The van der Waals surface area contributed by atoms with E-state index in [1.54, 1.807) is 18.1 Å². The second kappa shape index (κ2) is 14.3. The van der Waals surface area contributed by atoms with Gasteiger partial charge in [0.25, 0.3) is 5.91 Å². The van der Waals surface area contributed by atoms with E-state index in [4.69, 9.17) is 21.3 Å². The fourth-order valence-corrected chi connectivity index (χ4v) is 5.50. The van der Waals surface area contributed by atoms with Gasteiger partial charge in [-0.05, 0) is 49.9 Å². The molecule has 0 radical (unpaired) electrons. The molecule has 9 heteroatoms. The number of rotatable bonds is 5. The lowest BCUT2D eigenvalue weighted by Gasteiger charge is -2.35. The Hall–Kier alpha value is -3.92. The van der Waals surface area contributed by atoms with E-state index in [1.165, 1.54) is 5.01 Å². The summed E-state index contributed by atoms with van der Waals surface area (Å²) in [6.07, 6.45) is 3.39. The number of ether oxygens (including phenoxy) is 1. The van der Waals surface area contributed by atoms with Crippen LogP contribution in [0, 0.1) is 5.92 Å². The molecule has 2 aromatic heterocycles. The number of pyridine rings is 1. The SMILES string of the molecule is C/C(N)=C(\c1cnc2c3cc(C(=O)N4CC(O)C4)ccc3n(CC3CCOCC3)c2c1)N(C)N.CC.c1ccccc1. The number of fused-ring (bicyclic) bond motifs is 3. The van der Waals surface area contributed by atoms with Crippen molar-refractivity contribution in [2.75, 3.05) is 33.4 Å². The summed E-state index contributed by atoms with van der Waals surface area (Å²) in [5, 5.41) is 12.1. The number of benzene rings is 2. The van der Waals surface area contributed by atoms with Gasteiger partial charge in [0.2, 0.25) is 0 Å². The van der Waals surface area contributed by atoms with Gasteiger partial charge in [-0.15, -0.1) is 0 Å². The topological polar surface area (TPSA) is 123 Å². The third-order valence-corrected chi connectivity index (χ3v) is 7.55. The Balaban J connectivity index is 0.000000445. The van der Waals surface area contributed by atoms with Gasteiger partial charge in [0, 0.05) is 68.3 Å². The zero-order valence-electron chi connectivity index (χ0n) is 25.2. The fourth-order valence-electron chi connectivity index (χ4n) is 5.50. The van der Waals surface area contributed by atoms with Gasteiger partial charge in [-0.2, -0.15) is 0 Å². The van der Waals surface area contributed by atoms with Crippen molar-refractivity contribution in [2.24, 2.45) is 17.5 Å². The Kier molecular flexibility index (Phi) is 10.6. The van der Waals surface area contributed by atoms with E-state index in [2.05, 4.69) is 10.6 Å². The zero-order valence-corrected chi connectivity index (χ0v) is 25.2. The molecular formula is C33H44N6O3. The highest BCUT2D eigenvalue weighted by atomic mass is 16.5. The number of nitrogens with two attached hydrogens (primary N) is 2. The molecule has 2 saturated heterocycles. The standard InChI is InChI=1S/C25H32N6O3.C6H6.C2H6/c1-15(26)24(29(2)27)18-10-22-23(28-11-18)20-9-17(25(33)30-13-19(32)14-30)3-4-21(20)31(22)12-16-5-7-34-8-6-16;1-2-4-6-5-3-1;1-2/h3-4,9-11,16,19,32H,5-8,12-14,26-27H2,1-2H3;1-6H;1-2H3/b24-15-;;. The predicted octanol–water partition coefficient (Wildman–Crippen LogP) is 4.60. The Labute approximate surface area is 248 Å². The number of hydrazine groups is 1. The van der Waals surface area contributed by atoms with Crippen LogP contribution in [0.5, 0.6) is 0 Å². The molecule has 42 heavy (non-hydrogen) atoms. The Bertz CT molecular complexity index is 1470. The van der Waals surface area contributed by atoms with Crippen molar-refractivity contribution in [1.82, 2.24) is 19.5 Å². The molecule has 4 heterocycles. The molecule has 1 amide bonds. The van der Waals surface area contributed by atoms with Gasteiger partial charge >= 0.3 is 0 Å². The third-order valence-electron chi connectivity index (χ3n) is 7.55. The maximum atomic E-state index is 12.9.